The van der Waals surface area contributed by atoms with Crippen LogP contribution in [0.2, 0.25) is 0 Å². The highest BCUT2D eigenvalue weighted by Gasteiger charge is 2.10. The first-order chi connectivity index (χ1) is 8.25. The third kappa shape index (κ3) is 3.36. The number of nitrogens with zero attached hydrogens (tertiary/aromatic N) is 2. The van der Waals surface area contributed by atoms with Gasteiger partial charge in [-0.05, 0) is 6.07 Å². The molecule has 0 amide bonds. The molecular formula is C10H11N3O3S. The maximum Gasteiger partial charge on any atom is 0.433 e. The number of hydrogen-bond donors (Lipinski definition) is 1. The van der Waals surface area contributed by atoms with Gasteiger partial charge in [0.1, 0.15) is 10.7 Å². The Morgan fingerprint density at radius 1 is 1.53 bits per heavy atom. The maximum absolute atomic E-state index is 10.4. The first kappa shape index (κ1) is 11.7. The molecule has 7 heteroatoms. The number of thiazole rings is 1. The summed E-state index contributed by atoms with van der Waals surface area (Å²) < 4.78 is 5.01. The molecule has 0 unspecified atom stereocenters. The van der Waals surface area contributed by atoms with Gasteiger partial charge in [0, 0.05) is 24.5 Å². The van der Waals surface area contributed by atoms with Crippen LogP contribution in [0, 0.1) is 10.1 Å². The molecule has 1 N–H and O–H groups in total. The smallest absolute Gasteiger partial charge is 0.404 e. The fourth-order valence-corrected chi connectivity index (χ4v) is 1.96. The minimum Gasteiger partial charge on any atom is -0.404 e. The molecule has 0 radical (unpaired) electrons. The molecule has 0 aliphatic carbocycles. The summed E-state index contributed by atoms with van der Waals surface area (Å²) in [5.74, 6) is 0.345. The number of nitro groups is 1. The van der Waals surface area contributed by atoms with Gasteiger partial charge >= 0.3 is 5.88 Å². The molecule has 17 heavy (non-hydrogen) atoms. The molecule has 0 aliphatic rings. The van der Waals surface area contributed by atoms with Crippen molar-refractivity contribution in [1.29, 1.82) is 0 Å². The van der Waals surface area contributed by atoms with Gasteiger partial charge in [-0.2, -0.15) is 0 Å². The van der Waals surface area contributed by atoms with E-state index in [1.807, 2.05) is 5.38 Å². The quantitative estimate of drug-likeness (QED) is 0.483. The van der Waals surface area contributed by atoms with Gasteiger partial charge in [0.15, 0.2) is 0 Å². The van der Waals surface area contributed by atoms with E-state index in [0.29, 0.717) is 12.3 Å². The zero-order valence-corrected chi connectivity index (χ0v) is 9.77. The first-order valence-corrected chi connectivity index (χ1v) is 5.96. The lowest BCUT2D eigenvalue weighted by molar-refractivity contribution is -0.402. The van der Waals surface area contributed by atoms with E-state index >= 15 is 0 Å². The molecule has 6 nitrogen and oxygen atoms in total. The largest absolute Gasteiger partial charge is 0.433 e. The van der Waals surface area contributed by atoms with E-state index in [1.165, 1.54) is 6.07 Å². The van der Waals surface area contributed by atoms with Crippen molar-refractivity contribution in [3.63, 3.8) is 0 Å². The van der Waals surface area contributed by atoms with Crippen LogP contribution in [0.25, 0.3) is 0 Å². The Hall–Kier alpha value is -1.73. The Morgan fingerprint density at radius 3 is 3.06 bits per heavy atom. The van der Waals surface area contributed by atoms with Crippen LogP contribution in [0.4, 0.5) is 5.88 Å². The highest BCUT2D eigenvalue weighted by molar-refractivity contribution is 7.09. The van der Waals surface area contributed by atoms with Crippen molar-refractivity contribution in [2.45, 2.75) is 13.0 Å². The lowest BCUT2D eigenvalue weighted by Gasteiger charge is -1.99. The number of nitrogens with one attached hydrogen (secondary N) is 1. The molecule has 0 spiro atoms. The van der Waals surface area contributed by atoms with Crippen molar-refractivity contribution in [2.75, 3.05) is 6.54 Å². The lowest BCUT2D eigenvalue weighted by atomic mass is 10.4. The van der Waals surface area contributed by atoms with E-state index in [2.05, 4.69) is 10.3 Å². The summed E-state index contributed by atoms with van der Waals surface area (Å²) in [6.45, 7) is 1.25. The highest BCUT2D eigenvalue weighted by Crippen LogP contribution is 2.15. The van der Waals surface area contributed by atoms with E-state index in [0.717, 1.165) is 18.0 Å². The molecule has 2 aromatic rings. The number of hydrogen-bond acceptors (Lipinski definition) is 6. The summed E-state index contributed by atoms with van der Waals surface area (Å²) >= 11 is 1.61. The SMILES string of the molecule is O=[N+]([O-])c1ccc(CNCCc2nccs2)o1. The van der Waals surface area contributed by atoms with Crippen LogP contribution >= 0.6 is 11.3 Å². The van der Waals surface area contributed by atoms with Crippen LogP contribution in [-0.4, -0.2) is 16.5 Å². The molecular weight excluding hydrogens is 242 g/mol. The van der Waals surface area contributed by atoms with Gasteiger partial charge in [0.05, 0.1) is 17.6 Å². The molecule has 0 aromatic carbocycles. The Kier molecular flexibility index (Phi) is 3.84. The van der Waals surface area contributed by atoms with Crippen molar-refractivity contribution in [3.05, 3.63) is 44.6 Å². The second-order valence-corrected chi connectivity index (χ2v) is 4.33. The first-order valence-electron chi connectivity index (χ1n) is 5.08. The molecule has 0 saturated heterocycles. The van der Waals surface area contributed by atoms with Gasteiger partial charge in [-0.25, -0.2) is 4.98 Å². The van der Waals surface area contributed by atoms with Crippen LogP contribution in [0.1, 0.15) is 10.8 Å². The zero-order valence-electron chi connectivity index (χ0n) is 8.96. The van der Waals surface area contributed by atoms with Crippen molar-refractivity contribution in [3.8, 4) is 0 Å². The topological polar surface area (TPSA) is 81.2 Å². The monoisotopic (exact) mass is 253 g/mol. The maximum atomic E-state index is 10.4. The highest BCUT2D eigenvalue weighted by atomic mass is 32.1. The van der Waals surface area contributed by atoms with E-state index in [-0.39, 0.29) is 5.88 Å². The predicted molar refractivity (Wildman–Crippen MR) is 62.9 cm³/mol. The van der Waals surface area contributed by atoms with Crippen LogP contribution in [0.5, 0.6) is 0 Å². The summed E-state index contributed by atoms with van der Waals surface area (Å²) in [6.07, 6.45) is 2.62. The third-order valence-corrected chi connectivity index (χ3v) is 2.97. The van der Waals surface area contributed by atoms with Crippen LogP contribution in [0.15, 0.2) is 28.1 Å². The second-order valence-electron chi connectivity index (χ2n) is 3.35. The Balaban J connectivity index is 1.72. The molecule has 2 aromatic heterocycles. The normalized spacial score (nSPS) is 10.6. The number of rotatable bonds is 6. The lowest BCUT2D eigenvalue weighted by Crippen LogP contribution is -2.16. The predicted octanol–water partition coefficient (Wildman–Crippen LogP) is 1.98. The van der Waals surface area contributed by atoms with E-state index in [9.17, 15) is 10.1 Å². The molecule has 0 saturated carbocycles. The second kappa shape index (κ2) is 5.55. The zero-order chi connectivity index (χ0) is 12.1. The van der Waals surface area contributed by atoms with E-state index in [4.69, 9.17) is 4.42 Å². The summed E-state index contributed by atoms with van der Waals surface area (Å²) in [7, 11) is 0. The van der Waals surface area contributed by atoms with Gasteiger partial charge < -0.3 is 9.73 Å². The van der Waals surface area contributed by atoms with Crippen molar-refractivity contribution in [1.82, 2.24) is 10.3 Å². The van der Waals surface area contributed by atoms with Gasteiger partial charge in [0.25, 0.3) is 0 Å². The molecule has 0 aliphatic heterocycles. The van der Waals surface area contributed by atoms with E-state index < -0.39 is 4.92 Å². The van der Waals surface area contributed by atoms with E-state index in [1.54, 1.807) is 23.6 Å². The number of aromatic nitrogens is 1. The average molecular weight is 253 g/mol. The van der Waals surface area contributed by atoms with Crippen molar-refractivity contribution >= 4 is 17.2 Å². The Bertz CT molecular complexity index is 481. The molecule has 2 rings (SSSR count). The van der Waals surface area contributed by atoms with Gasteiger partial charge in [-0.1, -0.05) is 0 Å². The van der Waals surface area contributed by atoms with Crippen LogP contribution in [0.3, 0.4) is 0 Å². The van der Waals surface area contributed by atoms with Gasteiger partial charge in [-0.15, -0.1) is 11.3 Å². The van der Waals surface area contributed by atoms with Crippen molar-refractivity contribution < 1.29 is 9.34 Å². The number of furan rings is 1. The molecule has 90 valence electrons. The van der Waals surface area contributed by atoms with Crippen LogP contribution in [-0.2, 0) is 13.0 Å². The molecule has 0 bridgehead atoms. The van der Waals surface area contributed by atoms with Gasteiger partial charge in [-0.3, -0.25) is 10.1 Å². The average Bonchev–Trinajstić information content (AvgIpc) is 2.96. The molecule has 0 fully saturated rings. The summed E-state index contributed by atoms with van der Waals surface area (Å²) in [4.78, 5) is 14.0. The fourth-order valence-electron chi connectivity index (χ4n) is 1.34. The minimum atomic E-state index is -0.543. The standard InChI is InChI=1S/C10H11N3O3S/c14-13(15)10-2-1-8(16-10)7-11-4-3-9-12-5-6-17-9/h1-2,5-6,11H,3-4,7H2. The Morgan fingerprint density at radius 2 is 2.41 bits per heavy atom. The molecule has 2 heterocycles. The summed E-state index contributed by atoms with van der Waals surface area (Å²) in [5.41, 5.74) is 0. The fraction of sp³-hybridized carbons (Fsp3) is 0.300. The summed E-state index contributed by atoms with van der Waals surface area (Å²) in [6, 6.07) is 2.96. The van der Waals surface area contributed by atoms with Crippen LogP contribution < -0.4 is 5.32 Å². The van der Waals surface area contributed by atoms with Crippen molar-refractivity contribution in [2.24, 2.45) is 0 Å². The van der Waals surface area contributed by atoms with Gasteiger partial charge in [0.2, 0.25) is 0 Å². The third-order valence-electron chi connectivity index (χ3n) is 2.13. The minimum absolute atomic E-state index is 0.221. The Labute approximate surface area is 101 Å². The summed E-state index contributed by atoms with van der Waals surface area (Å²) in [5, 5.41) is 16.5. The molecule has 0 atom stereocenters.